The molecule has 1 aliphatic rings. The minimum Gasteiger partial charge on any atom is -0.472 e. The highest BCUT2D eigenvalue weighted by molar-refractivity contribution is 5.77. The fourth-order valence-electron chi connectivity index (χ4n) is 3.40. The van der Waals surface area contributed by atoms with Crippen LogP contribution in [0.2, 0.25) is 0 Å². The second kappa shape index (κ2) is 7.74. The Balaban J connectivity index is 1.58. The molecule has 7 heteroatoms. The first-order valence-corrected chi connectivity index (χ1v) is 9.22. The molecule has 0 spiro atoms. The fraction of sp³-hybridized carbons (Fsp3) is 0.238. The molecular formula is C21H22N4O3. The van der Waals surface area contributed by atoms with Crippen molar-refractivity contribution in [1.29, 1.82) is 0 Å². The van der Waals surface area contributed by atoms with Gasteiger partial charge in [0.2, 0.25) is 0 Å². The first-order valence-electron chi connectivity index (χ1n) is 9.22. The molecule has 0 aliphatic carbocycles. The monoisotopic (exact) mass is 378 g/mol. The topological polar surface area (TPSA) is 74.8 Å². The molecule has 0 amide bonds. The lowest BCUT2D eigenvalue weighted by Gasteiger charge is -2.34. The number of anilines is 3. The number of hydrogen-bond acceptors (Lipinski definition) is 6. The normalized spacial score (nSPS) is 14.8. The second-order valence-corrected chi connectivity index (χ2v) is 6.97. The van der Waals surface area contributed by atoms with E-state index >= 15 is 0 Å². The SMILES string of the molecule is CN1CCN(c2cccc(Nc3ccc(-c4ccoc4)cc3[N+](=O)[O-])c2)CC1. The molecule has 2 heterocycles. The summed E-state index contributed by atoms with van der Waals surface area (Å²) in [5, 5.41) is 14.8. The van der Waals surface area contributed by atoms with E-state index < -0.39 is 0 Å². The number of piperazine rings is 1. The van der Waals surface area contributed by atoms with Crippen LogP contribution in [0.15, 0.2) is 65.5 Å². The van der Waals surface area contributed by atoms with Crippen LogP contribution in [0, 0.1) is 10.1 Å². The van der Waals surface area contributed by atoms with Crippen LogP contribution in [0.5, 0.6) is 0 Å². The fourth-order valence-corrected chi connectivity index (χ4v) is 3.40. The third-order valence-electron chi connectivity index (χ3n) is 5.04. The zero-order valence-corrected chi connectivity index (χ0v) is 15.7. The highest BCUT2D eigenvalue weighted by atomic mass is 16.6. The molecule has 2 aromatic carbocycles. The van der Waals surface area contributed by atoms with Crippen molar-refractivity contribution in [2.24, 2.45) is 0 Å². The summed E-state index contributed by atoms with van der Waals surface area (Å²) in [4.78, 5) is 15.9. The van der Waals surface area contributed by atoms with Crippen molar-refractivity contribution in [3.8, 4) is 11.1 Å². The van der Waals surface area contributed by atoms with Gasteiger partial charge < -0.3 is 19.5 Å². The molecule has 4 rings (SSSR count). The molecule has 3 aromatic rings. The van der Waals surface area contributed by atoms with E-state index in [2.05, 4.69) is 28.2 Å². The predicted molar refractivity (Wildman–Crippen MR) is 110 cm³/mol. The van der Waals surface area contributed by atoms with Crippen molar-refractivity contribution >= 4 is 22.7 Å². The number of hydrogen-bond donors (Lipinski definition) is 1. The van der Waals surface area contributed by atoms with Gasteiger partial charge in [-0.3, -0.25) is 10.1 Å². The largest absolute Gasteiger partial charge is 0.472 e. The van der Waals surface area contributed by atoms with Crippen LogP contribution in [-0.4, -0.2) is 43.0 Å². The third-order valence-corrected chi connectivity index (χ3v) is 5.04. The number of likely N-dealkylation sites (N-methyl/N-ethyl adjacent to an activating group) is 1. The molecule has 144 valence electrons. The molecule has 1 N–H and O–H groups in total. The maximum atomic E-state index is 11.6. The van der Waals surface area contributed by atoms with Crippen molar-refractivity contribution < 1.29 is 9.34 Å². The first kappa shape index (κ1) is 18.1. The van der Waals surface area contributed by atoms with Crippen molar-refractivity contribution in [2.75, 3.05) is 43.4 Å². The summed E-state index contributed by atoms with van der Waals surface area (Å²) in [7, 11) is 2.13. The first-order chi connectivity index (χ1) is 13.6. The average molecular weight is 378 g/mol. The lowest BCUT2D eigenvalue weighted by molar-refractivity contribution is -0.383. The van der Waals surface area contributed by atoms with E-state index in [9.17, 15) is 10.1 Å². The summed E-state index contributed by atoms with van der Waals surface area (Å²) in [6.45, 7) is 4.00. The van der Waals surface area contributed by atoms with Crippen LogP contribution >= 0.6 is 0 Å². The van der Waals surface area contributed by atoms with Gasteiger partial charge in [-0.25, -0.2) is 0 Å². The van der Waals surface area contributed by atoms with Crippen LogP contribution in [0.1, 0.15) is 0 Å². The number of nitrogens with zero attached hydrogens (tertiary/aromatic N) is 3. The molecule has 28 heavy (non-hydrogen) atoms. The molecule has 1 aromatic heterocycles. The minimum atomic E-state index is -0.365. The van der Waals surface area contributed by atoms with Gasteiger partial charge in [-0.2, -0.15) is 0 Å². The Morgan fingerprint density at radius 3 is 2.57 bits per heavy atom. The minimum absolute atomic E-state index is 0.0312. The van der Waals surface area contributed by atoms with Crippen molar-refractivity contribution in [1.82, 2.24) is 4.90 Å². The summed E-state index contributed by atoms with van der Waals surface area (Å²) >= 11 is 0. The second-order valence-electron chi connectivity index (χ2n) is 6.97. The number of benzene rings is 2. The Kier molecular flexibility index (Phi) is 4.99. The van der Waals surface area contributed by atoms with Crippen LogP contribution in [0.25, 0.3) is 11.1 Å². The van der Waals surface area contributed by atoms with E-state index in [-0.39, 0.29) is 10.6 Å². The summed E-state index contributed by atoms with van der Waals surface area (Å²) < 4.78 is 5.08. The summed E-state index contributed by atoms with van der Waals surface area (Å²) in [5.41, 5.74) is 4.01. The van der Waals surface area contributed by atoms with Gasteiger partial charge >= 0.3 is 0 Å². The molecule has 1 fully saturated rings. The highest BCUT2D eigenvalue weighted by Crippen LogP contribution is 2.33. The third kappa shape index (κ3) is 3.84. The molecule has 0 bridgehead atoms. The summed E-state index contributed by atoms with van der Waals surface area (Å²) in [5.74, 6) is 0. The summed E-state index contributed by atoms with van der Waals surface area (Å²) in [6, 6.07) is 15.0. The molecule has 0 unspecified atom stereocenters. The van der Waals surface area contributed by atoms with E-state index in [0.29, 0.717) is 5.69 Å². The predicted octanol–water partition coefficient (Wildman–Crippen LogP) is 4.35. The Bertz CT molecular complexity index is 964. The van der Waals surface area contributed by atoms with Gasteiger partial charge in [-0.1, -0.05) is 12.1 Å². The van der Waals surface area contributed by atoms with E-state index in [1.54, 1.807) is 30.7 Å². The molecule has 0 saturated carbocycles. The van der Waals surface area contributed by atoms with Crippen LogP contribution in [-0.2, 0) is 0 Å². The Hall–Kier alpha value is -3.32. The van der Waals surface area contributed by atoms with Gasteiger partial charge in [-0.15, -0.1) is 0 Å². The van der Waals surface area contributed by atoms with Crippen molar-refractivity contribution in [2.45, 2.75) is 0 Å². The molecule has 7 nitrogen and oxygen atoms in total. The zero-order chi connectivity index (χ0) is 19.5. The molecule has 1 saturated heterocycles. The van der Waals surface area contributed by atoms with E-state index in [4.69, 9.17) is 4.42 Å². The molecule has 0 radical (unpaired) electrons. The lowest BCUT2D eigenvalue weighted by atomic mass is 10.1. The van der Waals surface area contributed by atoms with Gasteiger partial charge in [0.1, 0.15) is 5.69 Å². The van der Waals surface area contributed by atoms with Gasteiger partial charge in [0, 0.05) is 49.2 Å². The van der Waals surface area contributed by atoms with Crippen molar-refractivity contribution in [3.05, 3.63) is 71.2 Å². The number of nitro groups is 1. The quantitative estimate of drug-likeness (QED) is 0.525. The Labute approximate surface area is 163 Å². The number of nitrogens with one attached hydrogen (secondary N) is 1. The maximum absolute atomic E-state index is 11.6. The number of nitro benzene ring substituents is 1. The van der Waals surface area contributed by atoms with E-state index in [1.807, 2.05) is 24.3 Å². The van der Waals surface area contributed by atoms with Crippen LogP contribution < -0.4 is 10.2 Å². The average Bonchev–Trinajstić information content (AvgIpc) is 3.24. The summed E-state index contributed by atoms with van der Waals surface area (Å²) in [6.07, 6.45) is 3.13. The highest BCUT2D eigenvalue weighted by Gasteiger charge is 2.17. The standard InChI is InChI=1S/C21H22N4O3/c1-23-8-10-24(11-9-23)19-4-2-3-18(14-19)22-20-6-5-16(13-21(20)25(26)27)17-7-12-28-15-17/h2-7,12-15,22H,8-11H2,1H3. The lowest BCUT2D eigenvalue weighted by Crippen LogP contribution is -2.44. The Morgan fingerprint density at radius 2 is 1.86 bits per heavy atom. The molecular weight excluding hydrogens is 356 g/mol. The molecule has 1 aliphatic heterocycles. The smallest absolute Gasteiger partial charge is 0.293 e. The van der Waals surface area contributed by atoms with Gasteiger partial charge in [0.05, 0.1) is 17.4 Å². The molecule has 0 atom stereocenters. The van der Waals surface area contributed by atoms with Crippen LogP contribution in [0.3, 0.4) is 0 Å². The Morgan fingerprint density at radius 1 is 1.04 bits per heavy atom. The van der Waals surface area contributed by atoms with Gasteiger partial charge in [-0.05, 0) is 42.9 Å². The van der Waals surface area contributed by atoms with E-state index in [0.717, 1.165) is 48.7 Å². The van der Waals surface area contributed by atoms with E-state index in [1.165, 1.54) is 0 Å². The van der Waals surface area contributed by atoms with Crippen LogP contribution in [0.4, 0.5) is 22.7 Å². The van der Waals surface area contributed by atoms with Gasteiger partial charge in [0.25, 0.3) is 5.69 Å². The number of rotatable bonds is 5. The van der Waals surface area contributed by atoms with Gasteiger partial charge in [0.15, 0.2) is 0 Å². The van der Waals surface area contributed by atoms with Crippen molar-refractivity contribution in [3.63, 3.8) is 0 Å². The number of furan rings is 1. The maximum Gasteiger partial charge on any atom is 0.293 e. The zero-order valence-electron chi connectivity index (χ0n) is 15.7.